The van der Waals surface area contributed by atoms with E-state index in [0.717, 1.165) is 30.6 Å². The van der Waals surface area contributed by atoms with Crippen molar-refractivity contribution < 1.29 is 4.21 Å². The Hall–Kier alpha value is -0.461. The first-order chi connectivity index (χ1) is 12.0. The second-order valence-corrected chi connectivity index (χ2v) is 25.9. The third-order valence-electron chi connectivity index (χ3n) is 4.60. The maximum absolute atomic E-state index is 12.0. The molecular formula is C21H34N2OSSn. The minimum absolute atomic E-state index is 0.209. The molecule has 0 spiro atoms. The van der Waals surface area contributed by atoms with Gasteiger partial charge in [-0.15, -0.1) is 0 Å². The summed E-state index contributed by atoms with van der Waals surface area (Å²) in [6.45, 7) is 9.00. The molecule has 0 saturated carbocycles. The van der Waals surface area contributed by atoms with Crippen molar-refractivity contribution in [2.45, 2.75) is 60.1 Å². The van der Waals surface area contributed by atoms with Crippen LogP contribution in [0.15, 0.2) is 30.3 Å². The van der Waals surface area contributed by atoms with Gasteiger partial charge in [0.2, 0.25) is 0 Å². The molecule has 2 rings (SSSR count). The first-order valence-electron chi connectivity index (χ1n) is 9.52. The molecule has 3 nitrogen and oxygen atoms in total. The van der Waals surface area contributed by atoms with Crippen LogP contribution < -0.4 is 8.30 Å². The van der Waals surface area contributed by atoms with Crippen LogP contribution in [0.5, 0.6) is 0 Å². The van der Waals surface area contributed by atoms with Crippen LogP contribution >= 0.6 is 0 Å². The van der Waals surface area contributed by atoms with Crippen LogP contribution in [0.1, 0.15) is 39.8 Å². The van der Waals surface area contributed by atoms with Gasteiger partial charge in [0.05, 0.1) is 4.75 Å². The second kappa shape index (κ2) is 8.70. The van der Waals surface area contributed by atoms with Gasteiger partial charge in [0.1, 0.15) is 0 Å². The van der Waals surface area contributed by atoms with Crippen molar-refractivity contribution in [1.82, 2.24) is 9.71 Å². The molecular weight excluding hydrogens is 447 g/mol. The Balaban J connectivity index is 1.97. The summed E-state index contributed by atoms with van der Waals surface area (Å²) < 4.78 is 16.5. The zero-order valence-corrected chi connectivity index (χ0v) is 21.0. The van der Waals surface area contributed by atoms with Gasteiger partial charge in [-0.25, -0.2) is 4.21 Å². The number of pyridine rings is 1. The molecule has 0 aliphatic rings. The van der Waals surface area contributed by atoms with Gasteiger partial charge in [-0.2, -0.15) is 0 Å². The van der Waals surface area contributed by atoms with E-state index in [1.54, 1.807) is 3.58 Å². The summed E-state index contributed by atoms with van der Waals surface area (Å²) in [6, 6.07) is 11.2. The van der Waals surface area contributed by atoms with Crippen LogP contribution in [-0.2, 0) is 17.4 Å². The monoisotopic (exact) mass is 482 g/mol. The molecule has 26 heavy (non-hydrogen) atoms. The molecule has 2 atom stereocenters. The summed E-state index contributed by atoms with van der Waals surface area (Å²) in [4.78, 5) is 12.2. The van der Waals surface area contributed by atoms with Gasteiger partial charge in [0.25, 0.3) is 0 Å². The predicted molar refractivity (Wildman–Crippen MR) is 118 cm³/mol. The first-order valence-corrected chi connectivity index (χ1v) is 20.7. The van der Waals surface area contributed by atoms with Gasteiger partial charge in [-0.3, -0.25) is 0 Å². The number of aromatic nitrogens is 1. The van der Waals surface area contributed by atoms with E-state index in [1.165, 1.54) is 5.39 Å². The number of hydrogen-bond acceptors (Lipinski definition) is 2. The molecule has 0 saturated heterocycles. The first kappa shape index (κ1) is 21.8. The molecule has 5 heteroatoms. The number of benzene rings is 1. The molecule has 0 bridgehead atoms. The Morgan fingerprint density at radius 3 is 2.46 bits per heavy atom. The Morgan fingerprint density at radius 2 is 1.85 bits per heavy atom. The van der Waals surface area contributed by atoms with E-state index in [4.69, 9.17) is 4.98 Å². The van der Waals surface area contributed by atoms with Crippen molar-refractivity contribution in [2.75, 3.05) is 6.54 Å². The molecule has 1 N–H and O–H groups in total. The van der Waals surface area contributed by atoms with E-state index >= 15 is 0 Å². The van der Waals surface area contributed by atoms with Crippen LogP contribution in [-0.4, -0.2) is 38.9 Å². The van der Waals surface area contributed by atoms with Gasteiger partial charge in [0.15, 0.2) is 0 Å². The van der Waals surface area contributed by atoms with E-state index in [-0.39, 0.29) is 4.75 Å². The number of hydrogen-bond donors (Lipinski definition) is 1. The quantitative estimate of drug-likeness (QED) is 0.596. The van der Waals surface area contributed by atoms with Gasteiger partial charge >= 0.3 is 137 Å². The summed E-state index contributed by atoms with van der Waals surface area (Å²) >= 11 is -2.03. The average Bonchev–Trinajstić information content (AvgIpc) is 2.52. The van der Waals surface area contributed by atoms with Crippen molar-refractivity contribution in [1.29, 1.82) is 0 Å². The molecule has 2 unspecified atom stereocenters. The Morgan fingerprint density at radius 1 is 1.15 bits per heavy atom. The number of nitrogens with zero attached hydrogens (tertiary/aromatic N) is 1. The van der Waals surface area contributed by atoms with Crippen LogP contribution in [0, 0.1) is 5.92 Å². The van der Waals surface area contributed by atoms with E-state index < -0.39 is 29.4 Å². The molecule has 2 aromatic rings. The van der Waals surface area contributed by atoms with E-state index in [9.17, 15) is 4.21 Å². The molecule has 144 valence electrons. The SMILES string of the molecule is CC(CCNS(=O)C(C)(C)C)Cc1ccc2c[c]([Sn]([CH3])([CH3])[CH3])ccc2n1. The Labute approximate surface area is 165 Å². The second-order valence-electron chi connectivity index (χ2n) is 9.33. The fourth-order valence-corrected chi connectivity index (χ4v) is 6.90. The van der Waals surface area contributed by atoms with Crippen molar-refractivity contribution in [3.63, 3.8) is 0 Å². The van der Waals surface area contributed by atoms with Crippen molar-refractivity contribution in [3.05, 3.63) is 36.0 Å². The van der Waals surface area contributed by atoms with E-state index in [1.807, 2.05) is 20.8 Å². The molecule has 0 aliphatic heterocycles. The van der Waals surface area contributed by atoms with Gasteiger partial charge in [-0.1, -0.05) is 0 Å². The van der Waals surface area contributed by atoms with Crippen molar-refractivity contribution in [2.24, 2.45) is 5.92 Å². The van der Waals surface area contributed by atoms with Crippen molar-refractivity contribution in [3.8, 4) is 0 Å². The van der Waals surface area contributed by atoms with Crippen LogP contribution in [0.4, 0.5) is 0 Å². The topological polar surface area (TPSA) is 42.0 Å². The zero-order chi connectivity index (χ0) is 19.5. The summed E-state index contributed by atoms with van der Waals surface area (Å²) in [7, 11) is -0.989. The van der Waals surface area contributed by atoms with Crippen LogP contribution in [0.25, 0.3) is 10.9 Å². The number of rotatable bonds is 7. The Kier molecular flexibility index (Phi) is 7.30. The molecule has 1 aromatic carbocycles. The fourth-order valence-electron chi connectivity index (χ4n) is 2.82. The summed E-state index contributed by atoms with van der Waals surface area (Å²) in [5.41, 5.74) is 2.25. The average molecular weight is 481 g/mol. The summed E-state index contributed by atoms with van der Waals surface area (Å²) in [6.07, 6.45) is 1.96. The van der Waals surface area contributed by atoms with Gasteiger partial charge in [-0.05, 0) is 20.8 Å². The normalized spacial score (nSPS) is 15.2. The third-order valence-corrected chi connectivity index (χ3v) is 12.0. The Bertz CT molecular complexity index is 778. The molecule has 1 aromatic heterocycles. The van der Waals surface area contributed by atoms with Crippen molar-refractivity contribution >= 4 is 43.8 Å². The van der Waals surface area contributed by atoms with Gasteiger partial charge < -0.3 is 0 Å². The fraction of sp³-hybridized carbons (Fsp3) is 0.571. The predicted octanol–water partition coefficient (Wildman–Crippen LogP) is 4.40. The number of nitrogens with one attached hydrogen (secondary N) is 1. The summed E-state index contributed by atoms with van der Waals surface area (Å²) in [5.74, 6) is 0.509. The van der Waals surface area contributed by atoms with Crippen LogP contribution in [0.3, 0.4) is 0 Å². The third kappa shape index (κ3) is 6.31. The van der Waals surface area contributed by atoms with Gasteiger partial charge in [0, 0.05) is 0 Å². The molecule has 0 fully saturated rings. The minimum atomic E-state index is -2.03. The molecule has 0 radical (unpaired) electrons. The van der Waals surface area contributed by atoms with E-state index in [0.29, 0.717) is 5.92 Å². The molecule has 1 heterocycles. The maximum atomic E-state index is 12.0. The zero-order valence-electron chi connectivity index (χ0n) is 17.3. The molecule has 0 amide bonds. The summed E-state index contributed by atoms with van der Waals surface area (Å²) in [5, 5.41) is 1.26. The number of fused-ring (bicyclic) bond motifs is 1. The standard InChI is InChI=1S/C18H25N2OS.3CH3.Sn/c1-14(11-12-19-22(21)18(2,3)4)13-16-10-9-15-7-5-6-8-17(15)20-16;;;;/h6-10,14,19H,11-13H2,1-4H3;3*1H3;. The van der Waals surface area contributed by atoms with Crippen LogP contribution in [0.2, 0.25) is 14.8 Å². The van der Waals surface area contributed by atoms with E-state index in [2.05, 4.69) is 56.8 Å². The molecule has 0 aliphatic carbocycles.